The molecule has 4 aromatic rings. The van der Waals surface area contributed by atoms with Gasteiger partial charge in [-0.25, -0.2) is 14.2 Å². The summed E-state index contributed by atoms with van der Waals surface area (Å²) in [7, 11) is 0. The number of aliphatic hydroxyl groups is 1. The average Bonchev–Trinajstić information content (AvgIpc) is 3.07. The molecule has 0 bridgehead atoms. The van der Waals surface area contributed by atoms with E-state index in [0.29, 0.717) is 30.0 Å². The van der Waals surface area contributed by atoms with Crippen molar-refractivity contribution in [1.29, 1.82) is 0 Å². The molecule has 0 spiro atoms. The monoisotopic (exact) mass is 413 g/mol. The van der Waals surface area contributed by atoms with Gasteiger partial charge in [0.15, 0.2) is 0 Å². The average molecular weight is 413 g/mol. The lowest BCUT2D eigenvalue weighted by Gasteiger charge is -2.41. The first-order chi connectivity index (χ1) is 14.8. The maximum absolute atomic E-state index is 13.3. The molecule has 0 radical (unpaired) electrons. The molecule has 1 aliphatic rings. The number of fused-ring (bicyclic) bond motifs is 1. The van der Waals surface area contributed by atoms with Gasteiger partial charge in [-0.1, -0.05) is 18.2 Å². The van der Waals surface area contributed by atoms with Gasteiger partial charge in [-0.05, 0) is 61.7 Å². The first-order valence-electron chi connectivity index (χ1n) is 9.99. The molecule has 1 aliphatic carbocycles. The minimum Gasteiger partial charge on any atom is -0.393 e. The van der Waals surface area contributed by atoms with Crippen molar-refractivity contribution in [1.82, 2.24) is 14.8 Å². The fourth-order valence-electron chi connectivity index (χ4n) is 4.20. The SMILES string of the molecule is [C-]#[N+]c1c(-c2ccc3ccc(-c4ccc(F)cc4)nc3c2)nn(C2CC(C)(O)C2)c1N. The number of anilines is 1. The predicted molar refractivity (Wildman–Crippen MR) is 118 cm³/mol. The summed E-state index contributed by atoms with van der Waals surface area (Å²) >= 11 is 0. The number of nitrogen functional groups attached to an aromatic ring is 1. The van der Waals surface area contributed by atoms with Gasteiger partial charge in [-0.3, -0.25) is 4.68 Å². The zero-order valence-electron chi connectivity index (χ0n) is 16.9. The fraction of sp³-hybridized carbons (Fsp3) is 0.208. The second-order valence-corrected chi connectivity index (χ2v) is 8.31. The van der Waals surface area contributed by atoms with Gasteiger partial charge in [0, 0.05) is 10.9 Å². The van der Waals surface area contributed by atoms with Crippen molar-refractivity contribution >= 4 is 22.4 Å². The number of aromatic nitrogens is 3. The van der Waals surface area contributed by atoms with Crippen LogP contribution in [-0.2, 0) is 0 Å². The number of rotatable bonds is 3. The lowest BCUT2D eigenvalue weighted by atomic mass is 9.77. The van der Waals surface area contributed by atoms with Crippen molar-refractivity contribution in [2.24, 2.45) is 0 Å². The maximum Gasteiger partial charge on any atom is 0.254 e. The van der Waals surface area contributed by atoms with E-state index in [2.05, 4.69) is 9.94 Å². The van der Waals surface area contributed by atoms with E-state index in [1.54, 1.807) is 23.7 Å². The van der Waals surface area contributed by atoms with Gasteiger partial charge in [0.05, 0.1) is 29.4 Å². The molecule has 1 fully saturated rings. The number of nitrogens with two attached hydrogens (primary N) is 1. The number of halogens is 1. The molecule has 5 rings (SSSR count). The van der Waals surface area contributed by atoms with Crippen LogP contribution in [0.3, 0.4) is 0 Å². The topological polar surface area (TPSA) is 81.3 Å². The quantitative estimate of drug-likeness (QED) is 0.457. The van der Waals surface area contributed by atoms with Crippen LogP contribution < -0.4 is 5.73 Å². The van der Waals surface area contributed by atoms with E-state index in [4.69, 9.17) is 17.3 Å². The molecule has 154 valence electrons. The molecule has 6 nitrogen and oxygen atoms in total. The van der Waals surface area contributed by atoms with Crippen LogP contribution >= 0.6 is 0 Å². The van der Waals surface area contributed by atoms with Crippen molar-refractivity contribution < 1.29 is 9.50 Å². The Bertz CT molecular complexity index is 1340. The number of pyridine rings is 1. The molecular weight excluding hydrogens is 393 g/mol. The van der Waals surface area contributed by atoms with Crippen LogP contribution in [0.2, 0.25) is 0 Å². The molecule has 7 heteroatoms. The Balaban J connectivity index is 1.57. The van der Waals surface area contributed by atoms with Crippen molar-refractivity contribution in [3.8, 4) is 22.5 Å². The number of hydrogen-bond acceptors (Lipinski definition) is 4. The highest BCUT2D eigenvalue weighted by Crippen LogP contribution is 2.45. The zero-order chi connectivity index (χ0) is 21.8. The van der Waals surface area contributed by atoms with E-state index in [0.717, 1.165) is 27.7 Å². The van der Waals surface area contributed by atoms with Crippen LogP contribution in [0.15, 0.2) is 54.6 Å². The van der Waals surface area contributed by atoms with Gasteiger partial charge >= 0.3 is 0 Å². The maximum atomic E-state index is 13.3. The summed E-state index contributed by atoms with van der Waals surface area (Å²) in [6, 6.07) is 15.8. The standard InChI is InChI=1S/C24H20FN5O/c1-24(31)12-18(13-24)30-23(26)22(27-2)21(29-30)16-4-3-15-7-10-19(28-20(15)11-16)14-5-8-17(25)9-6-14/h3-11,18,31H,12-13,26H2,1H3. The predicted octanol–water partition coefficient (Wildman–Crippen LogP) is 5.12. The summed E-state index contributed by atoms with van der Waals surface area (Å²) < 4.78 is 14.9. The van der Waals surface area contributed by atoms with E-state index in [-0.39, 0.29) is 11.9 Å². The van der Waals surface area contributed by atoms with Crippen molar-refractivity contribution in [2.75, 3.05) is 5.73 Å². The Morgan fingerprint density at radius 3 is 2.48 bits per heavy atom. The van der Waals surface area contributed by atoms with E-state index in [9.17, 15) is 9.50 Å². The van der Waals surface area contributed by atoms with Gasteiger partial charge in [0.2, 0.25) is 0 Å². The molecule has 1 saturated carbocycles. The van der Waals surface area contributed by atoms with Crippen LogP contribution in [0.25, 0.3) is 38.3 Å². The Labute approximate surface area is 178 Å². The molecule has 0 unspecified atom stereocenters. The minimum atomic E-state index is -0.717. The fourth-order valence-corrected chi connectivity index (χ4v) is 4.20. The Morgan fingerprint density at radius 1 is 1.13 bits per heavy atom. The zero-order valence-corrected chi connectivity index (χ0v) is 16.9. The second kappa shape index (κ2) is 6.89. The Hall–Kier alpha value is -3.76. The summed E-state index contributed by atoms with van der Waals surface area (Å²) in [5, 5.41) is 15.6. The summed E-state index contributed by atoms with van der Waals surface area (Å²) in [6.07, 6.45) is 1.10. The van der Waals surface area contributed by atoms with Crippen LogP contribution in [0.5, 0.6) is 0 Å². The molecule has 31 heavy (non-hydrogen) atoms. The van der Waals surface area contributed by atoms with Crippen molar-refractivity contribution in [3.05, 3.63) is 71.8 Å². The third-order valence-electron chi connectivity index (χ3n) is 5.84. The van der Waals surface area contributed by atoms with Crippen LogP contribution in [0, 0.1) is 12.4 Å². The smallest absolute Gasteiger partial charge is 0.254 e. The summed E-state index contributed by atoms with van der Waals surface area (Å²) in [5.41, 5.74) is 9.38. The third kappa shape index (κ3) is 3.31. The number of benzene rings is 2. The third-order valence-corrected chi connectivity index (χ3v) is 5.84. The van der Waals surface area contributed by atoms with Crippen LogP contribution in [0.4, 0.5) is 15.9 Å². The van der Waals surface area contributed by atoms with Gasteiger partial charge in [-0.15, -0.1) is 0 Å². The van der Waals surface area contributed by atoms with E-state index >= 15 is 0 Å². The van der Waals surface area contributed by atoms with Gasteiger partial charge in [0.1, 0.15) is 17.3 Å². The molecule has 0 aliphatic heterocycles. The van der Waals surface area contributed by atoms with E-state index < -0.39 is 5.60 Å². The molecule has 0 amide bonds. The van der Waals surface area contributed by atoms with Crippen molar-refractivity contribution in [3.63, 3.8) is 0 Å². The summed E-state index contributed by atoms with van der Waals surface area (Å²) in [6.45, 7) is 9.39. The molecule has 3 N–H and O–H groups in total. The molecule has 2 heterocycles. The highest BCUT2D eigenvalue weighted by Gasteiger charge is 2.41. The highest BCUT2D eigenvalue weighted by atomic mass is 19.1. The molecule has 2 aromatic carbocycles. The van der Waals surface area contributed by atoms with Crippen LogP contribution in [-0.4, -0.2) is 25.5 Å². The normalized spacial score (nSPS) is 20.4. The Kier molecular flexibility index (Phi) is 4.27. The Morgan fingerprint density at radius 2 is 1.81 bits per heavy atom. The van der Waals surface area contributed by atoms with Gasteiger partial charge in [-0.2, -0.15) is 5.10 Å². The van der Waals surface area contributed by atoms with E-state index in [1.165, 1.54) is 12.1 Å². The van der Waals surface area contributed by atoms with Gasteiger partial charge in [0.25, 0.3) is 5.69 Å². The minimum absolute atomic E-state index is 0.0205. The second-order valence-electron chi connectivity index (χ2n) is 8.31. The number of nitrogens with zero attached hydrogens (tertiary/aromatic N) is 4. The molecular formula is C24H20FN5O. The van der Waals surface area contributed by atoms with Gasteiger partial charge < -0.3 is 10.8 Å². The molecule has 0 saturated heterocycles. The van der Waals surface area contributed by atoms with Crippen molar-refractivity contribution in [2.45, 2.75) is 31.4 Å². The number of hydrogen-bond donors (Lipinski definition) is 2. The molecule has 0 atom stereocenters. The lowest BCUT2D eigenvalue weighted by molar-refractivity contribution is -0.0535. The van der Waals surface area contributed by atoms with Crippen LogP contribution in [0.1, 0.15) is 25.8 Å². The summed E-state index contributed by atoms with van der Waals surface area (Å²) in [4.78, 5) is 8.35. The largest absolute Gasteiger partial charge is 0.393 e. The first-order valence-corrected chi connectivity index (χ1v) is 9.99. The highest BCUT2D eigenvalue weighted by molar-refractivity contribution is 5.90. The molecule has 2 aromatic heterocycles. The lowest BCUT2D eigenvalue weighted by Crippen LogP contribution is -2.42. The first kappa shape index (κ1) is 19.2. The van der Waals surface area contributed by atoms with E-state index in [1.807, 2.05) is 30.3 Å². The summed E-state index contributed by atoms with van der Waals surface area (Å²) in [5.74, 6) is 0.0262.